The molecule has 0 radical (unpaired) electrons. The molecule has 0 aromatic carbocycles. The molecule has 5 heterocycles. The van der Waals surface area contributed by atoms with Gasteiger partial charge < -0.3 is 25.2 Å². The summed E-state index contributed by atoms with van der Waals surface area (Å²) in [6.07, 6.45) is 11.3. The number of aryl methyl sites for hydroxylation is 1. The van der Waals surface area contributed by atoms with E-state index in [1.54, 1.807) is 11.1 Å². The van der Waals surface area contributed by atoms with Gasteiger partial charge in [-0.05, 0) is 74.8 Å². The molecular formula is C24H35BrN8O2. The van der Waals surface area contributed by atoms with Gasteiger partial charge in [0.25, 0.3) is 0 Å². The monoisotopic (exact) mass is 546 g/mol. The molecule has 0 spiro atoms. The molecule has 2 aromatic rings. The third-order valence-electron chi connectivity index (χ3n) is 7.56. The van der Waals surface area contributed by atoms with E-state index in [4.69, 9.17) is 9.84 Å². The third-order valence-corrected chi connectivity index (χ3v) is 8.14. The third kappa shape index (κ3) is 5.55. The number of nitrogens with zero attached hydrogens (tertiary/aromatic N) is 6. The maximum absolute atomic E-state index is 12.0. The second-order valence-electron chi connectivity index (χ2n) is 9.89. The molecule has 3 fully saturated rings. The lowest BCUT2D eigenvalue weighted by molar-refractivity contribution is 0.116. The van der Waals surface area contributed by atoms with Crippen molar-refractivity contribution >= 4 is 39.5 Å². The number of nitrogens with one attached hydrogen (secondary N) is 2. The van der Waals surface area contributed by atoms with E-state index < -0.39 is 0 Å². The highest BCUT2D eigenvalue weighted by atomic mass is 79.9. The van der Waals surface area contributed by atoms with E-state index in [9.17, 15) is 4.79 Å². The second kappa shape index (κ2) is 10.7. The van der Waals surface area contributed by atoms with Crippen molar-refractivity contribution in [2.45, 2.75) is 70.0 Å². The van der Waals surface area contributed by atoms with Gasteiger partial charge in [0.05, 0.1) is 28.5 Å². The SMILES string of the molecule is Cc1nn(C2CC3CCC(C2)N3C)cc1Nc1ncc(Br)c(NCCCN2CCCCOC2=O)n1. The Morgan fingerprint density at radius 3 is 2.80 bits per heavy atom. The van der Waals surface area contributed by atoms with E-state index in [1.165, 1.54) is 12.8 Å². The first-order valence-electron chi connectivity index (χ1n) is 12.7. The number of hydrogen-bond acceptors (Lipinski definition) is 8. The number of halogens is 1. The van der Waals surface area contributed by atoms with Crippen molar-refractivity contribution in [3.8, 4) is 0 Å². The fraction of sp³-hybridized carbons (Fsp3) is 0.667. The summed E-state index contributed by atoms with van der Waals surface area (Å²) >= 11 is 3.54. The van der Waals surface area contributed by atoms with Crippen molar-refractivity contribution in [3.63, 3.8) is 0 Å². The van der Waals surface area contributed by atoms with Crippen molar-refractivity contribution in [2.75, 3.05) is 43.9 Å². The number of rotatable bonds is 8. The van der Waals surface area contributed by atoms with Crippen LogP contribution in [0.2, 0.25) is 0 Å². The van der Waals surface area contributed by atoms with Crippen LogP contribution in [0, 0.1) is 6.92 Å². The number of carbonyl (C=O) groups excluding carboxylic acids is 1. The predicted octanol–water partition coefficient (Wildman–Crippen LogP) is 4.32. The molecule has 190 valence electrons. The molecule has 2 N–H and O–H groups in total. The highest BCUT2D eigenvalue weighted by Crippen LogP contribution is 2.40. The summed E-state index contributed by atoms with van der Waals surface area (Å²) < 4.78 is 8.15. The fourth-order valence-electron chi connectivity index (χ4n) is 5.49. The van der Waals surface area contributed by atoms with Crippen LogP contribution >= 0.6 is 15.9 Å². The van der Waals surface area contributed by atoms with E-state index in [-0.39, 0.29) is 6.09 Å². The molecule has 3 aliphatic heterocycles. The Morgan fingerprint density at radius 2 is 2.00 bits per heavy atom. The smallest absolute Gasteiger partial charge is 0.409 e. The average Bonchev–Trinajstić information content (AvgIpc) is 3.18. The second-order valence-corrected chi connectivity index (χ2v) is 10.7. The van der Waals surface area contributed by atoms with Gasteiger partial charge in [-0.2, -0.15) is 10.1 Å². The number of fused-ring (bicyclic) bond motifs is 2. The van der Waals surface area contributed by atoms with Crippen molar-refractivity contribution in [2.24, 2.45) is 0 Å². The van der Waals surface area contributed by atoms with Crippen LogP contribution in [0.3, 0.4) is 0 Å². The van der Waals surface area contributed by atoms with Gasteiger partial charge in [-0.1, -0.05) is 0 Å². The van der Waals surface area contributed by atoms with Crippen molar-refractivity contribution in [3.05, 3.63) is 22.6 Å². The Bertz CT molecular complexity index is 1030. The molecule has 2 atom stereocenters. The van der Waals surface area contributed by atoms with Crippen LogP contribution < -0.4 is 10.6 Å². The summed E-state index contributed by atoms with van der Waals surface area (Å²) in [5.74, 6) is 1.25. The van der Waals surface area contributed by atoms with Gasteiger partial charge in [0.2, 0.25) is 5.95 Å². The number of ether oxygens (including phenoxy) is 1. The van der Waals surface area contributed by atoms with Crippen LogP contribution in [-0.2, 0) is 4.74 Å². The lowest BCUT2D eigenvalue weighted by Crippen LogP contribution is -2.40. The van der Waals surface area contributed by atoms with Gasteiger partial charge in [-0.15, -0.1) is 0 Å². The summed E-state index contributed by atoms with van der Waals surface area (Å²) in [6, 6.07) is 1.80. The molecule has 2 unspecified atom stereocenters. The van der Waals surface area contributed by atoms with E-state index in [2.05, 4.69) is 59.4 Å². The van der Waals surface area contributed by atoms with Crippen molar-refractivity contribution in [1.29, 1.82) is 0 Å². The van der Waals surface area contributed by atoms with Crippen molar-refractivity contribution < 1.29 is 9.53 Å². The molecule has 10 nitrogen and oxygen atoms in total. The molecule has 0 saturated carbocycles. The van der Waals surface area contributed by atoms with E-state index >= 15 is 0 Å². The van der Waals surface area contributed by atoms with Gasteiger partial charge in [-0.3, -0.25) is 4.68 Å². The maximum Gasteiger partial charge on any atom is 0.409 e. The number of hydrogen-bond donors (Lipinski definition) is 2. The molecular weight excluding hydrogens is 512 g/mol. The zero-order valence-electron chi connectivity index (χ0n) is 20.5. The van der Waals surface area contributed by atoms with Crippen LogP contribution in [0.1, 0.15) is 56.7 Å². The Hall–Kier alpha value is -2.40. The number of aromatic nitrogens is 4. The summed E-state index contributed by atoms with van der Waals surface area (Å²) in [4.78, 5) is 25.4. The van der Waals surface area contributed by atoms with Gasteiger partial charge in [-0.25, -0.2) is 9.78 Å². The van der Waals surface area contributed by atoms with Crippen LogP contribution in [0.25, 0.3) is 0 Å². The largest absolute Gasteiger partial charge is 0.449 e. The van der Waals surface area contributed by atoms with Crippen LogP contribution in [0.4, 0.5) is 22.2 Å². The van der Waals surface area contributed by atoms with Crippen LogP contribution in [-0.4, -0.2) is 81.0 Å². The Morgan fingerprint density at radius 1 is 1.20 bits per heavy atom. The van der Waals surface area contributed by atoms with Gasteiger partial charge in [0, 0.05) is 44.1 Å². The number of amides is 1. The summed E-state index contributed by atoms with van der Waals surface area (Å²) in [6.45, 7) is 4.66. The first-order valence-corrected chi connectivity index (χ1v) is 13.5. The quantitative estimate of drug-likeness (QED) is 0.472. The number of piperidine rings is 1. The molecule has 2 bridgehead atoms. The normalized spacial score (nSPS) is 24.8. The Balaban J connectivity index is 1.17. The van der Waals surface area contributed by atoms with Crippen LogP contribution in [0.5, 0.6) is 0 Å². The van der Waals surface area contributed by atoms with Crippen molar-refractivity contribution in [1.82, 2.24) is 29.5 Å². The minimum absolute atomic E-state index is 0.207. The molecule has 11 heteroatoms. The summed E-state index contributed by atoms with van der Waals surface area (Å²) in [5.41, 5.74) is 1.88. The molecule has 3 saturated heterocycles. The standard InChI is InChI=1S/C24H35BrN8O2/c1-16-21(15-33(30-16)19-12-17-6-7-18(13-19)31(17)2)28-23-27-14-20(25)22(29-23)26-8-5-10-32-9-3-4-11-35-24(32)34/h14-15,17-19H,3-13H2,1-2H3,(H2,26,27,28,29). The first kappa shape index (κ1) is 24.3. The Labute approximate surface area is 214 Å². The molecule has 5 rings (SSSR count). The van der Waals surface area contributed by atoms with Gasteiger partial charge >= 0.3 is 6.09 Å². The molecule has 3 aliphatic rings. The summed E-state index contributed by atoms with van der Waals surface area (Å²) in [5, 5.41) is 11.5. The van der Waals surface area contributed by atoms with E-state index in [0.717, 1.165) is 60.3 Å². The lowest BCUT2D eigenvalue weighted by Gasteiger charge is -2.36. The highest BCUT2D eigenvalue weighted by molar-refractivity contribution is 9.10. The van der Waals surface area contributed by atoms with Gasteiger partial charge in [0.1, 0.15) is 5.82 Å². The fourth-order valence-corrected chi connectivity index (χ4v) is 5.82. The van der Waals surface area contributed by atoms with E-state index in [1.807, 2.05) is 6.92 Å². The summed E-state index contributed by atoms with van der Waals surface area (Å²) in [7, 11) is 2.26. The number of cyclic esters (lactones) is 1. The predicted molar refractivity (Wildman–Crippen MR) is 138 cm³/mol. The minimum Gasteiger partial charge on any atom is -0.449 e. The zero-order valence-corrected chi connectivity index (χ0v) is 22.1. The molecule has 2 aromatic heterocycles. The molecule has 35 heavy (non-hydrogen) atoms. The lowest BCUT2D eigenvalue weighted by atomic mass is 9.98. The average molecular weight is 548 g/mol. The maximum atomic E-state index is 12.0. The molecule has 1 amide bonds. The number of carbonyl (C=O) groups is 1. The topological polar surface area (TPSA) is 100 Å². The minimum atomic E-state index is -0.207. The number of anilines is 3. The Kier molecular flexibility index (Phi) is 7.43. The van der Waals surface area contributed by atoms with E-state index in [0.29, 0.717) is 43.8 Å². The first-order chi connectivity index (χ1) is 17.0. The van der Waals surface area contributed by atoms with Gasteiger partial charge in [0.15, 0.2) is 0 Å². The zero-order chi connectivity index (χ0) is 24.4. The highest BCUT2D eigenvalue weighted by Gasteiger charge is 2.39. The van der Waals surface area contributed by atoms with Crippen LogP contribution in [0.15, 0.2) is 16.9 Å². The molecule has 0 aliphatic carbocycles.